The van der Waals surface area contributed by atoms with Crippen molar-refractivity contribution in [3.8, 4) is 0 Å². The summed E-state index contributed by atoms with van der Waals surface area (Å²) in [6.45, 7) is 2.54. The molecule has 30 heavy (non-hydrogen) atoms. The van der Waals surface area contributed by atoms with Gasteiger partial charge in [-0.2, -0.15) is 0 Å². The van der Waals surface area contributed by atoms with Crippen LogP contribution in [0, 0.1) is 0 Å². The smallest absolute Gasteiger partial charge is 0.275 e. The molecule has 0 saturated heterocycles. The Hall–Kier alpha value is -2.61. The van der Waals surface area contributed by atoms with Crippen molar-refractivity contribution in [2.75, 3.05) is 18.9 Å². The minimum Gasteiger partial charge on any atom is -0.371 e. The van der Waals surface area contributed by atoms with Crippen LogP contribution in [0.4, 0.5) is 5.82 Å². The summed E-state index contributed by atoms with van der Waals surface area (Å²) in [7, 11) is 1.67. The predicted octanol–water partition coefficient (Wildman–Crippen LogP) is 4.31. The molecule has 2 aromatic carbocycles. The zero-order chi connectivity index (χ0) is 21.8. The molecule has 7 nitrogen and oxygen atoms in total. The summed E-state index contributed by atoms with van der Waals surface area (Å²) in [4.78, 5) is 24.9. The Morgan fingerprint density at radius 1 is 1.07 bits per heavy atom. The molecule has 0 radical (unpaired) electrons. The van der Waals surface area contributed by atoms with E-state index >= 15 is 0 Å². The van der Waals surface area contributed by atoms with E-state index in [0.29, 0.717) is 28.5 Å². The highest BCUT2D eigenvalue weighted by molar-refractivity contribution is 6.41. The molecule has 1 amide bonds. The number of aromatic nitrogens is 3. The van der Waals surface area contributed by atoms with Crippen molar-refractivity contribution < 1.29 is 9.59 Å². The third-order valence-corrected chi connectivity index (χ3v) is 5.14. The summed E-state index contributed by atoms with van der Waals surface area (Å²) in [5.41, 5.74) is 1.52. The molecule has 0 unspecified atom stereocenters. The molecule has 1 aromatic heterocycles. The molecule has 0 spiro atoms. The molecule has 156 valence electrons. The molecule has 0 saturated carbocycles. The number of carbonyl (C=O) groups excluding carboxylic acids is 2. The molecular formula is C20H18Cl3N5O2. The Labute approximate surface area is 188 Å². The lowest BCUT2D eigenvalue weighted by atomic mass is 10.0. The van der Waals surface area contributed by atoms with Gasteiger partial charge in [0.15, 0.2) is 17.3 Å². The number of rotatable bonds is 7. The largest absolute Gasteiger partial charge is 0.371 e. The molecular weight excluding hydrogens is 449 g/mol. The van der Waals surface area contributed by atoms with Gasteiger partial charge in [0.05, 0.1) is 22.2 Å². The number of hydrogen-bond acceptors (Lipinski definition) is 5. The van der Waals surface area contributed by atoms with Gasteiger partial charge in [0.25, 0.3) is 5.91 Å². The lowest BCUT2D eigenvalue weighted by molar-refractivity contribution is 0.0951. The molecule has 3 aromatic rings. The molecule has 0 aliphatic carbocycles. The molecule has 1 heterocycles. The summed E-state index contributed by atoms with van der Waals surface area (Å²) in [6.07, 6.45) is 0. The fourth-order valence-corrected chi connectivity index (χ4v) is 3.75. The fourth-order valence-electron chi connectivity index (χ4n) is 2.92. The SMILES string of the molecule is CCNC(=O)c1nnn(Cc2cc(Cl)c(C(=O)c3ccc(Cl)cc3)c(Cl)c2)c1NC. The zero-order valence-electron chi connectivity index (χ0n) is 16.2. The molecule has 10 heteroatoms. The van der Waals surface area contributed by atoms with Gasteiger partial charge in [-0.1, -0.05) is 40.0 Å². The topological polar surface area (TPSA) is 88.9 Å². The molecule has 2 N–H and O–H groups in total. The number of halogens is 3. The number of nitrogens with zero attached hydrogens (tertiary/aromatic N) is 3. The van der Waals surface area contributed by atoms with Gasteiger partial charge < -0.3 is 10.6 Å². The second-order valence-electron chi connectivity index (χ2n) is 6.32. The summed E-state index contributed by atoms with van der Waals surface area (Å²) in [5, 5.41) is 14.6. The van der Waals surface area contributed by atoms with Gasteiger partial charge in [-0.25, -0.2) is 4.68 Å². The number of hydrogen-bond donors (Lipinski definition) is 2. The van der Waals surface area contributed by atoms with Crippen LogP contribution in [0.3, 0.4) is 0 Å². The first-order chi connectivity index (χ1) is 14.3. The van der Waals surface area contributed by atoms with Crippen LogP contribution < -0.4 is 10.6 Å². The Morgan fingerprint density at radius 3 is 2.27 bits per heavy atom. The van der Waals surface area contributed by atoms with Crippen molar-refractivity contribution in [1.82, 2.24) is 20.3 Å². The zero-order valence-corrected chi connectivity index (χ0v) is 18.4. The van der Waals surface area contributed by atoms with Gasteiger partial charge in [0.1, 0.15) is 0 Å². The van der Waals surface area contributed by atoms with Crippen molar-refractivity contribution in [3.05, 3.63) is 73.9 Å². The van der Waals surface area contributed by atoms with Gasteiger partial charge in [0, 0.05) is 24.2 Å². The maximum absolute atomic E-state index is 12.8. The summed E-state index contributed by atoms with van der Waals surface area (Å²) >= 11 is 18.7. The highest BCUT2D eigenvalue weighted by atomic mass is 35.5. The van der Waals surface area contributed by atoms with Crippen molar-refractivity contribution in [2.24, 2.45) is 0 Å². The molecule has 0 aliphatic rings. The number of ketones is 1. The van der Waals surface area contributed by atoms with E-state index in [0.717, 1.165) is 0 Å². The van der Waals surface area contributed by atoms with E-state index in [1.807, 2.05) is 6.92 Å². The van der Waals surface area contributed by atoms with Crippen molar-refractivity contribution in [2.45, 2.75) is 13.5 Å². The molecule has 0 fully saturated rings. The maximum atomic E-state index is 12.8. The monoisotopic (exact) mass is 465 g/mol. The van der Waals surface area contributed by atoms with E-state index in [1.54, 1.807) is 43.4 Å². The Morgan fingerprint density at radius 2 is 1.70 bits per heavy atom. The van der Waals surface area contributed by atoms with Crippen LogP contribution in [0.2, 0.25) is 15.1 Å². The summed E-state index contributed by atoms with van der Waals surface area (Å²) in [6, 6.07) is 9.76. The minimum atomic E-state index is -0.326. The van der Waals surface area contributed by atoms with E-state index in [-0.39, 0.29) is 39.5 Å². The van der Waals surface area contributed by atoms with E-state index in [4.69, 9.17) is 34.8 Å². The predicted molar refractivity (Wildman–Crippen MR) is 118 cm³/mol. The maximum Gasteiger partial charge on any atom is 0.275 e. The molecule has 0 bridgehead atoms. The Kier molecular flexibility index (Phi) is 6.97. The number of nitrogens with one attached hydrogen (secondary N) is 2. The van der Waals surface area contributed by atoms with Crippen LogP contribution >= 0.6 is 34.8 Å². The third kappa shape index (κ3) is 4.59. The van der Waals surface area contributed by atoms with Gasteiger partial charge in [-0.05, 0) is 48.9 Å². The lowest BCUT2D eigenvalue weighted by Crippen LogP contribution is -2.24. The van der Waals surface area contributed by atoms with Crippen molar-refractivity contribution >= 4 is 52.3 Å². The highest BCUT2D eigenvalue weighted by Gasteiger charge is 2.21. The standard InChI is InChI=1S/C20H18Cl3N5O2/c1-3-25-20(30)17-19(24-2)28(27-26-17)10-11-8-14(22)16(15(23)9-11)18(29)12-4-6-13(21)7-5-12/h4-9,24H,3,10H2,1-2H3,(H,25,30). The van der Waals surface area contributed by atoms with Crippen LogP contribution in [-0.2, 0) is 6.54 Å². The average Bonchev–Trinajstić information content (AvgIpc) is 3.10. The van der Waals surface area contributed by atoms with E-state index in [9.17, 15) is 9.59 Å². The van der Waals surface area contributed by atoms with E-state index in [2.05, 4.69) is 20.9 Å². The first-order valence-electron chi connectivity index (χ1n) is 9.03. The van der Waals surface area contributed by atoms with Crippen LogP contribution in [0.5, 0.6) is 0 Å². The minimum absolute atomic E-state index is 0.186. The summed E-state index contributed by atoms with van der Waals surface area (Å²) < 4.78 is 1.52. The number of carbonyl (C=O) groups is 2. The summed E-state index contributed by atoms with van der Waals surface area (Å²) in [5.74, 6) is -0.175. The highest BCUT2D eigenvalue weighted by Crippen LogP contribution is 2.30. The normalized spacial score (nSPS) is 10.7. The number of amides is 1. The van der Waals surface area contributed by atoms with Crippen molar-refractivity contribution in [1.29, 1.82) is 0 Å². The number of benzene rings is 2. The second-order valence-corrected chi connectivity index (χ2v) is 7.58. The van der Waals surface area contributed by atoms with Gasteiger partial charge in [-0.3, -0.25) is 9.59 Å². The van der Waals surface area contributed by atoms with Crippen LogP contribution in [0.25, 0.3) is 0 Å². The van der Waals surface area contributed by atoms with Gasteiger partial charge in [-0.15, -0.1) is 5.10 Å². The first kappa shape index (κ1) is 22.1. The van der Waals surface area contributed by atoms with E-state index in [1.165, 1.54) is 4.68 Å². The Bertz CT molecular complexity index is 1070. The van der Waals surface area contributed by atoms with Crippen LogP contribution in [0.1, 0.15) is 38.9 Å². The fraction of sp³-hybridized carbons (Fsp3) is 0.200. The molecule has 3 rings (SSSR count). The molecule has 0 atom stereocenters. The second kappa shape index (κ2) is 9.47. The lowest BCUT2D eigenvalue weighted by Gasteiger charge is -2.11. The van der Waals surface area contributed by atoms with Gasteiger partial charge in [0.2, 0.25) is 0 Å². The Balaban J connectivity index is 1.90. The quantitative estimate of drug-likeness (QED) is 0.507. The van der Waals surface area contributed by atoms with Crippen LogP contribution in [0.15, 0.2) is 36.4 Å². The van der Waals surface area contributed by atoms with E-state index < -0.39 is 0 Å². The third-order valence-electron chi connectivity index (χ3n) is 4.29. The average molecular weight is 467 g/mol. The van der Waals surface area contributed by atoms with Crippen LogP contribution in [-0.4, -0.2) is 40.3 Å². The molecule has 0 aliphatic heterocycles. The number of anilines is 1. The van der Waals surface area contributed by atoms with Crippen molar-refractivity contribution in [3.63, 3.8) is 0 Å². The van der Waals surface area contributed by atoms with Gasteiger partial charge >= 0.3 is 0 Å². The first-order valence-corrected chi connectivity index (χ1v) is 10.2.